The predicted octanol–water partition coefficient (Wildman–Crippen LogP) is 3.71. The van der Waals surface area contributed by atoms with E-state index in [1.165, 1.54) is 4.68 Å². The van der Waals surface area contributed by atoms with Gasteiger partial charge in [0.05, 0.1) is 17.5 Å². The van der Waals surface area contributed by atoms with Crippen LogP contribution in [-0.4, -0.2) is 29.5 Å². The van der Waals surface area contributed by atoms with E-state index in [4.69, 9.17) is 4.74 Å². The number of nitrogens with zero attached hydrogens (tertiary/aromatic N) is 2. The molecule has 1 N–H and O–H groups in total. The van der Waals surface area contributed by atoms with E-state index >= 15 is 0 Å². The van der Waals surface area contributed by atoms with Crippen molar-refractivity contribution >= 4 is 23.3 Å². The maximum Gasteiger partial charge on any atom is 0.241 e. The summed E-state index contributed by atoms with van der Waals surface area (Å²) in [6, 6.07) is 10.7. The number of ether oxygens (including phenoxy) is 1. The van der Waals surface area contributed by atoms with Crippen LogP contribution in [-0.2, 0) is 0 Å². The lowest BCUT2D eigenvalue weighted by molar-refractivity contribution is 0.252. The molecule has 7 heteroatoms. The lowest BCUT2D eigenvalue weighted by Gasteiger charge is -2.08. The van der Waals surface area contributed by atoms with Crippen molar-refractivity contribution in [3.05, 3.63) is 54.1 Å². The highest BCUT2D eigenvalue weighted by Crippen LogP contribution is 2.29. The van der Waals surface area contributed by atoms with Gasteiger partial charge >= 0.3 is 0 Å². The zero-order valence-electron chi connectivity index (χ0n) is 13.4. The van der Waals surface area contributed by atoms with E-state index < -0.39 is 11.6 Å². The molecule has 1 saturated heterocycles. The fourth-order valence-electron chi connectivity index (χ4n) is 3.03. The Bertz CT molecular complexity index is 878. The first-order valence-corrected chi connectivity index (χ1v) is 7.99. The summed E-state index contributed by atoms with van der Waals surface area (Å²) in [6.45, 7) is 2.48. The van der Waals surface area contributed by atoms with Crippen LogP contribution in [0.3, 0.4) is 0 Å². The third-order valence-electron chi connectivity index (χ3n) is 4.31. The third kappa shape index (κ3) is 3.45. The van der Waals surface area contributed by atoms with E-state index in [1.54, 1.807) is 0 Å². The van der Waals surface area contributed by atoms with E-state index in [2.05, 4.69) is 10.4 Å². The van der Waals surface area contributed by atoms with Crippen molar-refractivity contribution < 1.29 is 13.5 Å². The van der Waals surface area contributed by atoms with Crippen LogP contribution < -0.4 is 10.1 Å². The van der Waals surface area contributed by atoms with Gasteiger partial charge in [0.1, 0.15) is 17.3 Å². The van der Waals surface area contributed by atoms with Gasteiger partial charge in [0.25, 0.3) is 0 Å². The number of hydrogen-bond acceptors (Lipinski definition) is 3. The number of nitrogens with one attached hydrogen (secondary N) is 1. The fourth-order valence-corrected chi connectivity index (χ4v) is 3.03. The van der Waals surface area contributed by atoms with Crippen LogP contribution >= 0.6 is 12.4 Å². The molecule has 132 valence electrons. The molecule has 1 aromatic heterocycles. The van der Waals surface area contributed by atoms with Crippen LogP contribution in [0.15, 0.2) is 42.5 Å². The highest BCUT2D eigenvalue weighted by atomic mass is 35.5. The predicted molar refractivity (Wildman–Crippen MR) is 94.7 cm³/mol. The van der Waals surface area contributed by atoms with Gasteiger partial charge in [0, 0.05) is 18.5 Å². The standard InChI is InChI=1S/C18H17F2N3O.ClH/c19-13-5-6-15(20)17(9-13)23-16-4-2-1-3-14(16)18(22-23)24-11-12-7-8-21-10-12;/h1-6,9,12,21H,7-8,10-11H2;1H. The summed E-state index contributed by atoms with van der Waals surface area (Å²) >= 11 is 0. The van der Waals surface area contributed by atoms with Gasteiger partial charge in [-0.1, -0.05) is 12.1 Å². The first-order chi connectivity index (χ1) is 11.7. The Hall–Kier alpha value is -2.18. The first-order valence-electron chi connectivity index (χ1n) is 7.99. The third-order valence-corrected chi connectivity index (χ3v) is 4.31. The number of hydrogen-bond donors (Lipinski definition) is 1. The van der Waals surface area contributed by atoms with Crippen molar-refractivity contribution in [3.8, 4) is 11.6 Å². The van der Waals surface area contributed by atoms with Crippen LogP contribution in [0.2, 0.25) is 0 Å². The average Bonchev–Trinajstić information content (AvgIpc) is 3.23. The maximum atomic E-state index is 14.1. The second-order valence-corrected chi connectivity index (χ2v) is 6.00. The van der Waals surface area contributed by atoms with Crippen molar-refractivity contribution in [2.24, 2.45) is 5.92 Å². The highest BCUT2D eigenvalue weighted by molar-refractivity contribution is 5.86. The Morgan fingerprint density at radius 3 is 2.84 bits per heavy atom. The molecule has 4 rings (SSSR count). The Morgan fingerprint density at radius 1 is 1.20 bits per heavy atom. The van der Waals surface area contributed by atoms with E-state index in [0.717, 1.165) is 43.1 Å². The Balaban J connectivity index is 0.00000182. The second-order valence-electron chi connectivity index (χ2n) is 6.00. The molecule has 1 atom stereocenters. The van der Waals surface area contributed by atoms with Crippen molar-refractivity contribution in [3.63, 3.8) is 0 Å². The van der Waals surface area contributed by atoms with E-state index in [0.29, 0.717) is 23.9 Å². The lowest BCUT2D eigenvalue weighted by atomic mass is 10.1. The molecule has 0 saturated carbocycles. The van der Waals surface area contributed by atoms with E-state index in [-0.39, 0.29) is 18.1 Å². The molecular formula is C18H18ClF2N3O. The molecule has 0 amide bonds. The van der Waals surface area contributed by atoms with Crippen molar-refractivity contribution in [1.82, 2.24) is 15.1 Å². The zero-order chi connectivity index (χ0) is 16.5. The molecule has 3 aromatic rings. The molecule has 0 aliphatic carbocycles. The molecule has 2 heterocycles. The number of aromatic nitrogens is 2. The van der Waals surface area contributed by atoms with Crippen LogP contribution in [0.4, 0.5) is 8.78 Å². The monoisotopic (exact) mass is 365 g/mol. The van der Waals surface area contributed by atoms with E-state index in [9.17, 15) is 8.78 Å². The highest BCUT2D eigenvalue weighted by Gasteiger charge is 2.19. The Labute approximate surface area is 150 Å². The molecular weight excluding hydrogens is 348 g/mol. The van der Waals surface area contributed by atoms with Gasteiger partial charge in [0.2, 0.25) is 5.88 Å². The van der Waals surface area contributed by atoms with Gasteiger partial charge in [-0.05, 0) is 37.2 Å². The molecule has 1 fully saturated rings. The summed E-state index contributed by atoms with van der Waals surface area (Å²) < 4.78 is 35.0. The minimum Gasteiger partial charge on any atom is -0.476 e. The quantitative estimate of drug-likeness (QED) is 0.766. The van der Waals surface area contributed by atoms with Crippen LogP contribution in [0.5, 0.6) is 5.88 Å². The minimum absolute atomic E-state index is 0. The molecule has 0 spiro atoms. The second kappa shape index (κ2) is 7.37. The lowest BCUT2D eigenvalue weighted by Crippen LogP contribution is -2.15. The van der Waals surface area contributed by atoms with Crippen molar-refractivity contribution in [2.45, 2.75) is 6.42 Å². The summed E-state index contributed by atoms with van der Waals surface area (Å²) in [4.78, 5) is 0. The fraction of sp³-hybridized carbons (Fsp3) is 0.278. The van der Waals surface area contributed by atoms with Crippen molar-refractivity contribution in [1.29, 1.82) is 0 Å². The molecule has 25 heavy (non-hydrogen) atoms. The SMILES string of the molecule is Cl.Fc1ccc(F)c(-n2nc(OCC3CCNC3)c3ccccc32)c1. The van der Waals surface area contributed by atoms with Gasteiger partial charge in [-0.25, -0.2) is 13.5 Å². The number of rotatable bonds is 4. The summed E-state index contributed by atoms with van der Waals surface area (Å²) in [5, 5.41) is 8.47. The van der Waals surface area contributed by atoms with Gasteiger partial charge in [-0.3, -0.25) is 0 Å². The van der Waals surface area contributed by atoms with Gasteiger partial charge < -0.3 is 10.1 Å². The van der Waals surface area contributed by atoms with Gasteiger partial charge in [-0.2, -0.15) is 0 Å². The Kier molecular flexibility index (Phi) is 5.20. The largest absolute Gasteiger partial charge is 0.476 e. The average molecular weight is 366 g/mol. The maximum absolute atomic E-state index is 14.1. The summed E-state index contributed by atoms with van der Waals surface area (Å²) in [5.74, 6) is -0.150. The van der Waals surface area contributed by atoms with Crippen LogP contribution in [0.25, 0.3) is 16.6 Å². The minimum atomic E-state index is -0.531. The molecule has 1 unspecified atom stereocenters. The normalized spacial score (nSPS) is 16.8. The summed E-state index contributed by atoms with van der Waals surface area (Å²) in [6.07, 6.45) is 1.07. The number of para-hydroxylation sites is 1. The summed E-state index contributed by atoms with van der Waals surface area (Å²) in [7, 11) is 0. The van der Waals surface area contributed by atoms with Crippen molar-refractivity contribution in [2.75, 3.05) is 19.7 Å². The molecule has 1 aliphatic heterocycles. The van der Waals surface area contributed by atoms with Crippen LogP contribution in [0, 0.1) is 17.6 Å². The molecule has 4 nitrogen and oxygen atoms in total. The number of benzene rings is 2. The number of halogens is 3. The summed E-state index contributed by atoms with van der Waals surface area (Å²) in [5.41, 5.74) is 0.755. The topological polar surface area (TPSA) is 39.1 Å². The first kappa shape index (κ1) is 17.6. The molecule has 1 aliphatic rings. The van der Waals surface area contributed by atoms with E-state index in [1.807, 2.05) is 24.3 Å². The van der Waals surface area contributed by atoms with Crippen LogP contribution in [0.1, 0.15) is 6.42 Å². The zero-order valence-corrected chi connectivity index (χ0v) is 14.2. The molecule has 0 radical (unpaired) electrons. The van der Waals surface area contributed by atoms with Gasteiger partial charge in [-0.15, -0.1) is 17.5 Å². The van der Waals surface area contributed by atoms with Gasteiger partial charge in [0.15, 0.2) is 0 Å². The smallest absolute Gasteiger partial charge is 0.241 e. The number of fused-ring (bicyclic) bond motifs is 1. The molecule has 2 aromatic carbocycles. The molecule has 0 bridgehead atoms. The Morgan fingerprint density at radius 2 is 2.04 bits per heavy atom.